The van der Waals surface area contributed by atoms with E-state index in [0.29, 0.717) is 24.5 Å². The van der Waals surface area contributed by atoms with Gasteiger partial charge in [0.15, 0.2) is 0 Å². The number of hydrogen-bond acceptors (Lipinski definition) is 4. The van der Waals surface area contributed by atoms with Crippen LogP contribution in [-0.4, -0.2) is 30.6 Å². The van der Waals surface area contributed by atoms with Gasteiger partial charge in [0.25, 0.3) is 5.91 Å². The van der Waals surface area contributed by atoms with Crippen molar-refractivity contribution in [1.29, 1.82) is 0 Å². The summed E-state index contributed by atoms with van der Waals surface area (Å²) in [5.74, 6) is 0.536. The van der Waals surface area contributed by atoms with Crippen LogP contribution in [0.5, 0.6) is 0 Å². The van der Waals surface area contributed by atoms with Crippen LogP contribution >= 0.6 is 0 Å². The van der Waals surface area contributed by atoms with E-state index in [-0.39, 0.29) is 5.91 Å². The standard InChI is InChI=1S/C12H17N3O2/c13-10-3-4-14-11(7-10)12(16)15-5-6-17-8-9-1-2-9/h3-4,7,9H,1-2,5-6,8H2,(H2,13,14)(H,15,16). The van der Waals surface area contributed by atoms with Crippen molar-refractivity contribution in [2.24, 2.45) is 5.92 Å². The highest BCUT2D eigenvalue weighted by molar-refractivity contribution is 5.92. The van der Waals surface area contributed by atoms with Gasteiger partial charge < -0.3 is 15.8 Å². The zero-order chi connectivity index (χ0) is 12.1. The molecular weight excluding hydrogens is 218 g/mol. The molecule has 1 heterocycles. The van der Waals surface area contributed by atoms with E-state index in [9.17, 15) is 4.79 Å². The summed E-state index contributed by atoms with van der Waals surface area (Å²) in [6, 6.07) is 3.20. The minimum Gasteiger partial charge on any atom is -0.399 e. The maximum absolute atomic E-state index is 11.6. The Morgan fingerprint density at radius 1 is 1.59 bits per heavy atom. The lowest BCUT2D eigenvalue weighted by atomic mass is 10.3. The number of carbonyl (C=O) groups excluding carboxylic acids is 1. The van der Waals surface area contributed by atoms with Crippen LogP contribution in [0, 0.1) is 5.92 Å². The number of pyridine rings is 1. The second-order valence-corrected chi connectivity index (χ2v) is 4.25. The van der Waals surface area contributed by atoms with Crippen LogP contribution in [0.3, 0.4) is 0 Å². The summed E-state index contributed by atoms with van der Waals surface area (Å²) in [5.41, 5.74) is 6.45. The van der Waals surface area contributed by atoms with Crippen molar-refractivity contribution >= 4 is 11.6 Å². The molecule has 0 saturated heterocycles. The monoisotopic (exact) mass is 235 g/mol. The Bertz CT molecular complexity index is 391. The number of anilines is 1. The lowest BCUT2D eigenvalue weighted by Gasteiger charge is -2.05. The van der Waals surface area contributed by atoms with E-state index in [1.54, 1.807) is 12.1 Å². The molecule has 92 valence electrons. The van der Waals surface area contributed by atoms with Gasteiger partial charge in [-0.3, -0.25) is 9.78 Å². The maximum Gasteiger partial charge on any atom is 0.270 e. The molecule has 1 aliphatic rings. The quantitative estimate of drug-likeness (QED) is 0.716. The molecule has 17 heavy (non-hydrogen) atoms. The molecule has 0 atom stereocenters. The topological polar surface area (TPSA) is 77.2 Å². The molecule has 1 aromatic rings. The molecule has 0 radical (unpaired) electrons. The van der Waals surface area contributed by atoms with Crippen LogP contribution in [-0.2, 0) is 4.74 Å². The molecule has 1 saturated carbocycles. The third kappa shape index (κ3) is 4.03. The van der Waals surface area contributed by atoms with E-state index in [2.05, 4.69) is 10.3 Å². The first kappa shape index (κ1) is 11.9. The molecule has 0 unspecified atom stereocenters. The van der Waals surface area contributed by atoms with E-state index >= 15 is 0 Å². The normalized spacial score (nSPS) is 14.6. The van der Waals surface area contributed by atoms with Crippen LogP contribution in [0.15, 0.2) is 18.3 Å². The van der Waals surface area contributed by atoms with Gasteiger partial charge in [-0.05, 0) is 30.9 Å². The molecule has 1 aromatic heterocycles. The first-order valence-electron chi connectivity index (χ1n) is 5.83. The molecule has 0 spiro atoms. The number of amides is 1. The highest BCUT2D eigenvalue weighted by atomic mass is 16.5. The van der Waals surface area contributed by atoms with Crippen LogP contribution < -0.4 is 11.1 Å². The minimum atomic E-state index is -0.215. The van der Waals surface area contributed by atoms with E-state index in [0.717, 1.165) is 12.5 Å². The van der Waals surface area contributed by atoms with Gasteiger partial charge in [-0.25, -0.2) is 0 Å². The fourth-order valence-corrected chi connectivity index (χ4v) is 1.43. The molecular formula is C12H17N3O2. The van der Waals surface area contributed by atoms with Gasteiger partial charge in [0, 0.05) is 25.0 Å². The summed E-state index contributed by atoms with van der Waals surface area (Å²) < 4.78 is 5.41. The summed E-state index contributed by atoms with van der Waals surface area (Å²) in [5, 5.41) is 2.74. The number of nitrogens with zero attached hydrogens (tertiary/aromatic N) is 1. The number of rotatable bonds is 6. The first-order valence-corrected chi connectivity index (χ1v) is 5.83. The summed E-state index contributed by atoms with van der Waals surface area (Å²) >= 11 is 0. The van der Waals surface area contributed by atoms with Crippen LogP contribution in [0.1, 0.15) is 23.3 Å². The van der Waals surface area contributed by atoms with Crippen molar-refractivity contribution in [3.63, 3.8) is 0 Å². The zero-order valence-electron chi connectivity index (χ0n) is 9.69. The average molecular weight is 235 g/mol. The molecule has 5 nitrogen and oxygen atoms in total. The lowest BCUT2D eigenvalue weighted by Crippen LogP contribution is -2.28. The zero-order valence-corrected chi connectivity index (χ0v) is 9.69. The number of nitrogens with two attached hydrogens (primary N) is 1. The Morgan fingerprint density at radius 2 is 2.41 bits per heavy atom. The predicted octanol–water partition coefficient (Wildman–Crippen LogP) is 0.820. The average Bonchev–Trinajstić information content (AvgIpc) is 3.12. The van der Waals surface area contributed by atoms with Crippen LogP contribution in [0.2, 0.25) is 0 Å². The van der Waals surface area contributed by atoms with Gasteiger partial charge in [0.05, 0.1) is 6.61 Å². The molecule has 0 bridgehead atoms. The van der Waals surface area contributed by atoms with E-state index in [1.165, 1.54) is 19.0 Å². The summed E-state index contributed by atoms with van der Waals surface area (Å²) in [4.78, 5) is 15.6. The van der Waals surface area contributed by atoms with Crippen LogP contribution in [0.25, 0.3) is 0 Å². The largest absolute Gasteiger partial charge is 0.399 e. The van der Waals surface area contributed by atoms with Crippen molar-refractivity contribution in [3.8, 4) is 0 Å². The van der Waals surface area contributed by atoms with Crippen molar-refractivity contribution < 1.29 is 9.53 Å². The Morgan fingerprint density at radius 3 is 3.12 bits per heavy atom. The molecule has 2 rings (SSSR count). The van der Waals surface area contributed by atoms with Crippen molar-refractivity contribution in [2.75, 3.05) is 25.5 Å². The first-order chi connectivity index (χ1) is 8.25. The molecule has 1 amide bonds. The summed E-state index contributed by atoms with van der Waals surface area (Å²) in [6.45, 7) is 1.86. The third-order valence-electron chi connectivity index (χ3n) is 2.60. The molecule has 0 aromatic carbocycles. The SMILES string of the molecule is Nc1ccnc(C(=O)NCCOCC2CC2)c1. The van der Waals surface area contributed by atoms with Gasteiger partial charge in [0.2, 0.25) is 0 Å². The Labute approximate surface area is 100 Å². The number of nitrogens with one attached hydrogen (secondary N) is 1. The van der Waals surface area contributed by atoms with E-state index in [4.69, 9.17) is 10.5 Å². The highest BCUT2D eigenvalue weighted by Crippen LogP contribution is 2.28. The van der Waals surface area contributed by atoms with Crippen molar-refractivity contribution in [1.82, 2.24) is 10.3 Å². The maximum atomic E-state index is 11.6. The number of ether oxygens (including phenoxy) is 1. The van der Waals surface area contributed by atoms with Gasteiger partial charge in [-0.1, -0.05) is 0 Å². The number of carbonyl (C=O) groups is 1. The van der Waals surface area contributed by atoms with Gasteiger partial charge in [-0.2, -0.15) is 0 Å². The van der Waals surface area contributed by atoms with Crippen molar-refractivity contribution in [2.45, 2.75) is 12.8 Å². The highest BCUT2D eigenvalue weighted by Gasteiger charge is 2.20. The Hall–Kier alpha value is -1.62. The van der Waals surface area contributed by atoms with E-state index in [1.807, 2.05) is 0 Å². The fourth-order valence-electron chi connectivity index (χ4n) is 1.43. The molecule has 1 aliphatic carbocycles. The smallest absolute Gasteiger partial charge is 0.270 e. The van der Waals surface area contributed by atoms with Gasteiger partial charge in [0.1, 0.15) is 5.69 Å². The van der Waals surface area contributed by atoms with Crippen molar-refractivity contribution in [3.05, 3.63) is 24.0 Å². The second kappa shape index (κ2) is 5.63. The molecule has 5 heteroatoms. The lowest BCUT2D eigenvalue weighted by molar-refractivity contribution is 0.0902. The predicted molar refractivity (Wildman–Crippen MR) is 64.5 cm³/mol. The summed E-state index contributed by atoms with van der Waals surface area (Å²) in [6.07, 6.45) is 4.08. The minimum absolute atomic E-state index is 0.215. The second-order valence-electron chi connectivity index (χ2n) is 4.25. The number of hydrogen-bond donors (Lipinski definition) is 2. The fraction of sp³-hybridized carbons (Fsp3) is 0.500. The molecule has 1 fully saturated rings. The van der Waals surface area contributed by atoms with Gasteiger partial charge >= 0.3 is 0 Å². The molecule has 0 aliphatic heterocycles. The third-order valence-corrected chi connectivity index (χ3v) is 2.60. The Balaban J connectivity index is 1.65. The number of aromatic nitrogens is 1. The van der Waals surface area contributed by atoms with E-state index < -0.39 is 0 Å². The van der Waals surface area contributed by atoms with Crippen LogP contribution in [0.4, 0.5) is 5.69 Å². The summed E-state index contributed by atoms with van der Waals surface area (Å²) in [7, 11) is 0. The number of nitrogen functional groups attached to an aromatic ring is 1. The Kier molecular flexibility index (Phi) is 3.93. The molecule has 3 N–H and O–H groups in total. The van der Waals surface area contributed by atoms with Gasteiger partial charge in [-0.15, -0.1) is 0 Å².